The van der Waals surface area contributed by atoms with Gasteiger partial charge in [0.1, 0.15) is 11.4 Å². The third-order valence-electron chi connectivity index (χ3n) is 6.94. The van der Waals surface area contributed by atoms with Crippen LogP contribution in [-0.4, -0.2) is 42.3 Å². The molecule has 0 radical (unpaired) electrons. The number of halogens is 4. The number of amides is 2. The number of methoxy groups -OCH3 is 2. The molecular weight excluding hydrogens is 496 g/mol. The first kappa shape index (κ1) is 26.4. The van der Waals surface area contributed by atoms with Crippen LogP contribution in [0, 0.1) is 23.6 Å². The Labute approximate surface area is 210 Å². The van der Waals surface area contributed by atoms with Gasteiger partial charge in [0.15, 0.2) is 0 Å². The minimum Gasteiger partial charge on any atom is -0.480 e. The molecule has 37 heavy (non-hydrogen) atoms. The Morgan fingerprint density at radius 1 is 1.03 bits per heavy atom. The molecule has 0 aliphatic heterocycles. The number of aromatic nitrogens is 2. The molecular formula is C25H26F4N4O4. The fourth-order valence-corrected chi connectivity index (χ4v) is 5.52. The largest absolute Gasteiger partial charge is 0.480 e. The Morgan fingerprint density at radius 3 is 2.35 bits per heavy atom. The second-order valence-electron chi connectivity index (χ2n) is 9.26. The summed E-state index contributed by atoms with van der Waals surface area (Å²) in [5.41, 5.74) is 0.476. The van der Waals surface area contributed by atoms with Gasteiger partial charge in [0.2, 0.25) is 17.7 Å². The van der Waals surface area contributed by atoms with Crippen molar-refractivity contribution in [2.45, 2.75) is 38.9 Å². The first-order chi connectivity index (χ1) is 17.5. The van der Waals surface area contributed by atoms with Gasteiger partial charge in [0.25, 0.3) is 5.91 Å². The van der Waals surface area contributed by atoms with Gasteiger partial charge >= 0.3 is 6.18 Å². The SMILES string of the molecule is COc1cc(C(=O)N[C@@H]2C3CCC(C3=C(C)C)[C@@H]2C(=O)Nc2ccc(F)c(C(F)(F)F)c2)c(OC)nn1. The molecule has 198 valence electrons. The van der Waals surface area contributed by atoms with Crippen LogP contribution in [0.3, 0.4) is 0 Å². The summed E-state index contributed by atoms with van der Waals surface area (Å²) in [6.45, 7) is 3.85. The van der Waals surface area contributed by atoms with Crippen molar-refractivity contribution in [3.05, 3.63) is 52.4 Å². The predicted octanol–water partition coefficient (Wildman–Crippen LogP) is 4.38. The second-order valence-corrected chi connectivity index (χ2v) is 9.26. The van der Waals surface area contributed by atoms with Gasteiger partial charge in [-0.3, -0.25) is 9.59 Å². The lowest BCUT2D eigenvalue weighted by atomic mass is 9.83. The van der Waals surface area contributed by atoms with E-state index in [9.17, 15) is 27.2 Å². The highest BCUT2D eigenvalue weighted by molar-refractivity contribution is 5.99. The van der Waals surface area contributed by atoms with E-state index in [2.05, 4.69) is 20.8 Å². The summed E-state index contributed by atoms with van der Waals surface area (Å²) in [6, 6.07) is 3.03. The third kappa shape index (κ3) is 4.96. The molecule has 4 atom stereocenters. The lowest BCUT2D eigenvalue weighted by Crippen LogP contribution is -2.48. The van der Waals surface area contributed by atoms with Gasteiger partial charge in [-0.2, -0.15) is 13.2 Å². The molecule has 4 rings (SSSR count). The number of allylic oxidation sites excluding steroid dienone is 1. The normalized spacial score (nSPS) is 22.5. The van der Waals surface area contributed by atoms with Crippen LogP contribution in [0.15, 0.2) is 35.4 Å². The molecule has 2 aliphatic carbocycles. The Bertz CT molecular complexity index is 1260. The fraction of sp³-hybridized carbons (Fsp3) is 0.440. The molecule has 0 spiro atoms. The summed E-state index contributed by atoms with van der Waals surface area (Å²) >= 11 is 0. The molecule has 2 saturated carbocycles. The zero-order valence-electron chi connectivity index (χ0n) is 20.6. The van der Waals surface area contributed by atoms with Crippen molar-refractivity contribution in [3.63, 3.8) is 0 Å². The van der Waals surface area contributed by atoms with Crippen LogP contribution in [0.4, 0.5) is 23.2 Å². The van der Waals surface area contributed by atoms with Crippen molar-refractivity contribution >= 4 is 17.5 Å². The van der Waals surface area contributed by atoms with E-state index in [1.165, 1.54) is 20.3 Å². The number of ether oxygens (including phenoxy) is 2. The van der Waals surface area contributed by atoms with Crippen LogP contribution in [-0.2, 0) is 11.0 Å². The third-order valence-corrected chi connectivity index (χ3v) is 6.94. The molecule has 8 nitrogen and oxygen atoms in total. The number of alkyl halides is 3. The molecule has 2 bridgehead atoms. The van der Waals surface area contributed by atoms with Gasteiger partial charge in [0, 0.05) is 23.7 Å². The molecule has 1 aromatic carbocycles. The summed E-state index contributed by atoms with van der Waals surface area (Å²) < 4.78 is 63.5. The molecule has 2 aromatic rings. The minimum atomic E-state index is -4.92. The van der Waals surface area contributed by atoms with Crippen LogP contribution in [0.1, 0.15) is 42.6 Å². The number of carbonyl (C=O) groups excluding carboxylic acids is 2. The highest BCUT2D eigenvalue weighted by atomic mass is 19.4. The number of nitrogens with zero attached hydrogens (tertiary/aromatic N) is 2. The monoisotopic (exact) mass is 522 g/mol. The Kier molecular flexibility index (Phi) is 7.11. The quantitative estimate of drug-likeness (QED) is 0.431. The van der Waals surface area contributed by atoms with Gasteiger partial charge in [0.05, 0.1) is 25.7 Å². The first-order valence-electron chi connectivity index (χ1n) is 11.6. The number of benzene rings is 1. The number of anilines is 1. The lowest BCUT2D eigenvalue weighted by molar-refractivity contribution is -0.140. The summed E-state index contributed by atoms with van der Waals surface area (Å²) in [5, 5.41) is 13.0. The van der Waals surface area contributed by atoms with E-state index in [0.717, 1.165) is 23.6 Å². The lowest BCUT2D eigenvalue weighted by Gasteiger charge is -2.30. The summed E-state index contributed by atoms with van der Waals surface area (Å²) in [6.07, 6.45) is -3.48. The molecule has 2 amide bonds. The van der Waals surface area contributed by atoms with Crippen LogP contribution in [0.25, 0.3) is 0 Å². The molecule has 1 aromatic heterocycles. The molecule has 12 heteroatoms. The average molecular weight is 522 g/mol. The smallest absolute Gasteiger partial charge is 0.419 e. The van der Waals surface area contributed by atoms with Gasteiger partial charge in [-0.25, -0.2) is 4.39 Å². The molecule has 2 N–H and O–H groups in total. The van der Waals surface area contributed by atoms with E-state index in [-0.39, 0.29) is 34.8 Å². The van der Waals surface area contributed by atoms with Crippen LogP contribution >= 0.6 is 0 Å². The molecule has 0 saturated heterocycles. The van der Waals surface area contributed by atoms with Gasteiger partial charge in [-0.15, -0.1) is 10.2 Å². The Balaban J connectivity index is 1.65. The van der Waals surface area contributed by atoms with Crippen molar-refractivity contribution in [1.82, 2.24) is 15.5 Å². The molecule has 2 fully saturated rings. The molecule has 2 aliphatic rings. The second kappa shape index (κ2) is 9.98. The fourth-order valence-electron chi connectivity index (χ4n) is 5.52. The number of nitrogens with one attached hydrogen (secondary N) is 2. The van der Waals surface area contributed by atoms with E-state index in [0.29, 0.717) is 18.6 Å². The highest BCUT2D eigenvalue weighted by Gasteiger charge is 2.55. The van der Waals surface area contributed by atoms with Gasteiger partial charge in [-0.05, 0) is 50.8 Å². The predicted molar refractivity (Wildman–Crippen MR) is 124 cm³/mol. The number of hydrogen-bond acceptors (Lipinski definition) is 6. The van der Waals surface area contributed by atoms with Crippen molar-refractivity contribution in [2.24, 2.45) is 17.8 Å². The van der Waals surface area contributed by atoms with E-state index in [4.69, 9.17) is 9.47 Å². The maximum Gasteiger partial charge on any atom is 0.419 e. The van der Waals surface area contributed by atoms with Crippen molar-refractivity contribution in [1.29, 1.82) is 0 Å². The number of carbonyl (C=O) groups is 2. The van der Waals surface area contributed by atoms with Crippen molar-refractivity contribution in [3.8, 4) is 11.8 Å². The number of rotatable bonds is 6. The standard InChI is InChI=1S/C25H26F4N4O4/c1-11(2)19-13-6-7-14(19)21(31-22(34)15-10-18(36-3)32-33-24(15)37-4)20(13)23(35)30-12-5-8-17(26)16(9-12)25(27,28)29/h5,8-10,13-14,20-21H,6-7H2,1-4H3,(H,30,35)(H,31,34)/t13?,14?,20-,21+/m0/s1. The van der Waals surface area contributed by atoms with E-state index >= 15 is 0 Å². The average Bonchev–Trinajstić information content (AvgIpc) is 3.41. The Hall–Kier alpha value is -3.70. The van der Waals surface area contributed by atoms with E-state index in [1.807, 2.05) is 13.8 Å². The summed E-state index contributed by atoms with van der Waals surface area (Å²) in [4.78, 5) is 26.7. The van der Waals surface area contributed by atoms with Crippen LogP contribution < -0.4 is 20.1 Å². The first-order valence-corrected chi connectivity index (χ1v) is 11.6. The zero-order chi connectivity index (χ0) is 27.1. The van der Waals surface area contributed by atoms with E-state index in [1.54, 1.807) is 0 Å². The van der Waals surface area contributed by atoms with Crippen LogP contribution in [0.2, 0.25) is 0 Å². The topological polar surface area (TPSA) is 102 Å². The zero-order valence-corrected chi connectivity index (χ0v) is 20.6. The maximum absolute atomic E-state index is 13.7. The molecule has 2 unspecified atom stereocenters. The van der Waals surface area contributed by atoms with Crippen molar-refractivity contribution < 1.29 is 36.6 Å². The maximum atomic E-state index is 13.7. The summed E-state index contributed by atoms with van der Waals surface area (Å²) in [5.74, 6) is -3.58. The van der Waals surface area contributed by atoms with Gasteiger partial charge < -0.3 is 20.1 Å². The van der Waals surface area contributed by atoms with E-state index < -0.39 is 41.3 Å². The van der Waals surface area contributed by atoms with Crippen molar-refractivity contribution in [2.75, 3.05) is 19.5 Å². The number of fused-ring (bicyclic) bond motifs is 2. The number of hydrogen-bond donors (Lipinski definition) is 2. The highest BCUT2D eigenvalue weighted by Crippen LogP contribution is 2.54. The van der Waals surface area contributed by atoms with Crippen LogP contribution in [0.5, 0.6) is 11.8 Å². The molecule has 1 heterocycles. The Morgan fingerprint density at radius 2 is 1.73 bits per heavy atom. The van der Waals surface area contributed by atoms with Gasteiger partial charge in [-0.1, -0.05) is 11.1 Å². The summed E-state index contributed by atoms with van der Waals surface area (Å²) in [7, 11) is 2.70. The minimum absolute atomic E-state index is 0.0316.